The van der Waals surface area contributed by atoms with Gasteiger partial charge in [-0.1, -0.05) is 47.6 Å². The minimum absolute atomic E-state index is 0.0340. The van der Waals surface area contributed by atoms with Gasteiger partial charge in [-0.2, -0.15) is 0 Å². The van der Waals surface area contributed by atoms with Crippen LogP contribution in [0, 0.1) is 17.8 Å². The highest BCUT2D eigenvalue weighted by Crippen LogP contribution is 2.31. The number of rotatable bonds is 16. The van der Waals surface area contributed by atoms with Crippen molar-refractivity contribution in [3.8, 4) is 5.75 Å². The van der Waals surface area contributed by atoms with Crippen LogP contribution >= 0.6 is 0 Å². The summed E-state index contributed by atoms with van der Waals surface area (Å²) in [6.45, 7) is 9.76. The molecule has 0 radical (unpaired) electrons. The summed E-state index contributed by atoms with van der Waals surface area (Å²) in [5.74, 6) is -4.24. The Morgan fingerprint density at radius 3 is 2.24 bits per heavy atom. The highest BCUT2D eigenvalue weighted by atomic mass is 16.7. The maximum atomic E-state index is 12.9. The molecule has 14 heteroatoms. The van der Waals surface area contributed by atoms with Crippen LogP contribution in [0.25, 0.3) is 0 Å². The van der Waals surface area contributed by atoms with E-state index in [2.05, 4.69) is 16.0 Å². The number of esters is 1. The maximum Gasteiger partial charge on any atom is 0.333 e. The van der Waals surface area contributed by atoms with Gasteiger partial charge >= 0.3 is 11.9 Å². The van der Waals surface area contributed by atoms with Crippen LogP contribution < -0.4 is 20.7 Å². The number of carboxylic acid groups (broad SMARTS) is 1. The molecule has 4 unspecified atom stereocenters. The molecule has 5 N–H and O–H groups in total. The molecule has 45 heavy (non-hydrogen) atoms. The minimum Gasteiger partial charge on any atom is -0.479 e. The van der Waals surface area contributed by atoms with Crippen LogP contribution in [0.4, 0.5) is 5.69 Å². The lowest BCUT2D eigenvalue weighted by Gasteiger charge is -2.31. The van der Waals surface area contributed by atoms with E-state index in [1.54, 1.807) is 47.6 Å². The highest BCUT2D eigenvalue weighted by molar-refractivity contribution is 5.97. The zero-order valence-electron chi connectivity index (χ0n) is 26.6. The number of carboxylic acids is 1. The Kier molecular flexibility index (Phi) is 14.4. The summed E-state index contributed by atoms with van der Waals surface area (Å²) in [6.07, 6.45) is -3.61. The van der Waals surface area contributed by atoms with Crippen molar-refractivity contribution in [1.82, 2.24) is 10.6 Å². The Morgan fingerprint density at radius 1 is 0.956 bits per heavy atom. The molecule has 1 saturated heterocycles. The van der Waals surface area contributed by atoms with Gasteiger partial charge in [-0.05, 0) is 23.6 Å². The van der Waals surface area contributed by atoms with E-state index in [1.165, 1.54) is 12.1 Å². The van der Waals surface area contributed by atoms with Gasteiger partial charge in [-0.3, -0.25) is 24.0 Å². The molecule has 14 nitrogen and oxygen atoms in total. The quantitative estimate of drug-likeness (QED) is 0.166. The summed E-state index contributed by atoms with van der Waals surface area (Å²) >= 11 is 0. The number of ketones is 1. The molecule has 1 aromatic carbocycles. The number of hydrogen-bond donors (Lipinski definition) is 5. The first-order valence-electron chi connectivity index (χ1n) is 15.0. The van der Waals surface area contributed by atoms with Gasteiger partial charge in [0.25, 0.3) is 0 Å². The smallest absolute Gasteiger partial charge is 0.333 e. The third-order valence-corrected chi connectivity index (χ3v) is 6.90. The third kappa shape index (κ3) is 12.5. The van der Waals surface area contributed by atoms with Crippen LogP contribution in [0.15, 0.2) is 18.2 Å². The molecule has 4 atom stereocenters. The molecule has 0 spiro atoms. The second-order valence-electron chi connectivity index (χ2n) is 11.9. The number of amides is 3. The van der Waals surface area contributed by atoms with Crippen molar-refractivity contribution in [3.05, 3.63) is 23.8 Å². The Morgan fingerprint density at radius 2 is 1.64 bits per heavy atom. The molecule has 0 aromatic heterocycles. The number of nitrogens with one attached hydrogen (secondary N) is 3. The zero-order chi connectivity index (χ0) is 33.8. The molecule has 1 aliphatic heterocycles. The molecule has 250 valence electrons. The van der Waals surface area contributed by atoms with Crippen molar-refractivity contribution in [2.75, 3.05) is 11.9 Å². The van der Waals surface area contributed by atoms with Gasteiger partial charge in [0.05, 0.1) is 24.3 Å². The number of aliphatic hydroxyl groups excluding tert-OH is 1. The molecule has 1 aromatic rings. The predicted molar refractivity (Wildman–Crippen MR) is 161 cm³/mol. The fraction of sp³-hybridized carbons (Fsp3) is 0.613. The summed E-state index contributed by atoms with van der Waals surface area (Å²) in [6, 6.07) is 3.61. The average molecular weight is 636 g/mol. The van der Waals surface area contributed by atoms with Gasteiger partial charge < -0.3 is 40.4 Å². The maximum absolute atomic E-state index is 12.9. The SMILES string of the molecule is CC(C)C(=O)CCC(=O)NC(C(=O)NCC(=O)Nc1ccc(COC(=O)C(C)C)cc1OC1CC(O)CC(C(=O)O)O1)C(C)C. The van der Waals surface area contributed by atoms with E-state index in [0.717, 1.165) is 0 Å². The lowest BCUT2D eigenvalue weighted by Crippen LogP contribution is -2.51. The van der Waals surface area contributed by atoms with Crippen molar-refractivity contribution in [1.29, 1.82) is 0 Å². The van der Waals surface area contributed by atoms with Crippen LogP contribution in [-0.2, 0) is 44.8 Å². The average Bonchev–Trinajstić information content (AvgIpc) is 2.96. The van der Waals surface area contributed by atoms with E-state index >= 15 is 0 Å². The number of aliphatic hydroxyl groups is 1. The Balaban J connectivity index is 2.11. The summed E-state index contributed by atoms with van der Waals surface area (Å²) in [7, 11) is 0. The van der Waals surface area contributed by atoms with Gasteiger partial charge in [0, 0.05) is 31.6 Å². The molecule has 1 fully saturated rings. The fourth-order valence-corrected chi connectivity index (χ4v) is 4.19. The first kappa shape index (κ1) is 37.1. The van der Waals surface area contributed by atoms with Crippen LogP contribution in [-0.4, -0.2) is 76.7 Å². The lowest BCUT2D eigenvalue weighted by atomic mass is 10.0. The third-order valence-electron chi connectivity index (χ3n) is 6.90. The number of hydrogen-bond acceptors (Lipinski definition) is 10. The van der Waals surface area contributed by atoms with Crippen molar-refractivity contribution in [2.24, 2.45) is 17.8 Å². The largest absolute Gasteiger partial charge is 0.479 e. The first-order valence-corrected chi connectivity index (χ1v) is 15.0. The fourth-order valence-electron chi connectivity index (χ4n) is 4.19. The van der Waals surface area contributed by atoms with E-state index in [-0.39, 0.29) is 67.3 Å². The van der Waals surface area contributed by atoms with Crippen LogP contribution in [0.3, 0.4) is 0 Å². The highest BCUT2D eigenvalue weighted by Gasteiger charge is 2.34. The Labute approximate surface area is 262 Å². The standard InChI is InChI=1S/C31H45N3O11/c1-16(2)22(36)9-10-25(37)34-28(17(3)4)29(39)32-14-26(38)33-21-8-7-19(15-43-31(42)18(5)6)11-23(21)44-27-13-20(35)12-24(45-27)30(40)41/h7-8,11,16-18,20,24,27-28,35H,9-10,12-15H2,1-6H3,(H,32,39)(H,33,38)(H,34,37)(H,40,41). The normalized spacial score (nSPS) is 18.7. The van der Waals surface area contributed by atoms with Crippen molar-refractivity contribution in [2.45, 2.75) is 98.4 Å². The number of Topliss-reactive ketones (excluding diaryl/α,β-unsaturated/α-hetero) is 1. The molecule has 0 aliphatic carbocycles. The van der Waals surface area contributed by atoms with Gasteiger partial charge in [-0.25, -0.2) is 4.79 Å². The van der Waals surface area contributed by atoms with Gasteiger partial charge in [0.15, 0.2) is 6.10 Å². The molecule has 0 bridgehead atoms. The Bertz CT molecular complexity index is 1230. The summed E-state index contributed by atoms with van der Waals surface area (Å²) in [4.78, 5) is 73.3. The van der Waals surface area contributed by atoms with Crippen molar-refractivity contribution in [3.63, 3.8) is 0 Å². The predicted octanol–water partition coefficient (Wildman–Crippen LogP) is 1.92. The van der Waals surface area contributed by atoms with E-state index in [0.29, 0.717) is 5.56 Å². The topological polar surface area (TPSA) is 207 Å². The first-order chi connectivity index (χ1) is 21.1. The van der Waals surface area contributed by atoms with Gasteiger partial charge in [-0.15, -0.1) is 0 Å². The van der Waals surface area contributed by atoms with Crippen LogP contribution in [0.2, 0.25) is 0 Å². The van der Waals surface area contributed by atoms with E-state index in [4.69, 9.17) is 14.2 Å². The molecule has 2 rings (SSSR count). The number of ether oxygens (including phenoxy) is 3. The molecule has 1 heterocycles. The minimum atomic E-state index is -1.30. The number of carbonyl (C=O) groups is 6. The summed E-state index contributed by atoms with van der Waals surface area (Å²) in [5.41, 5.74) is 0.648. The number of anilines is 1. The van der Waals surface area contributed by atoms with Crippen molar-refractivity contribution >= 4 is 41.1 Å². The molecular weight excluding hydrogens is 590 g/mol. The zero-order valence-corrected chi connectivity index (χ0v) is 26.6. The van der Waals surface area contributed by atoms with Gasteiger partial charge in [0.1, 0.15) is 24.2 Å². The monoisotopic (exact) mass is 635 g/mol. The van der Waals surface area contributed by atoms with E-state index in [9.17, 15) is 39.0 Å². The van der Waals surface area contributed by atoms with Crippen molar-refractivity contribution < 1.29 is 53.2 Å². The molecule has 3 amide bonds. The second kappa shape index (κ2) is 17.4. The van der Waals surface area contributed by atoms with Gasteiger partial charge in [0.2, 0.25) is 24.0 Å². The van der Waals surface area contributed by atoms with Crippen LogP contribution in [0.5, 0.6) is 5.75 Å². The number of carbonyl (C=O) groups excluding carboxylic acids is 5. The lowest BCUT2D eigenvalue weighted by molar-refractivity contribution is -0.195. The van der Waals surface area contributed by atoms with E-state index < -0.39 is 60.7 Å². The number of aliphatic carboxylic acids is 1. The molecular formula is C31H45N3O11. The number of benzene rings is 1. The summed E-state index contributed by atoms with van der Waals surface area (Å²) in [5, 5.41) is 27.2. The summed E-state index contributed by atoms with van der Waals surface area (Å²) < 4.78 is 16.6. The molecule has 0 saturated carbocycles. The second-order valence-corrected chi connectivity index (χ2v) is 11.9. The van der Waals surface area contributed by atoms with Crippen LogP contribution in [0.1, 0.15) is 72.8 Å². The van der Waals surface area contributed by atoms with E-state index in [1.807, 2.05) is 0 Å². The Hall–Kier alpha value is -4.04. The molecule has 1 aliphatic rings.